The Kier molecular flexibility index (Phi) is 3.17. The Labute approximate surface area is 73.8 Å². The summed E-state index contributed by atoms with van der Waals surface area (Å²) in [7, 11) is 0. The maximum atomic E-state index is 12.2. The SMILES string of the molecule is [O]c1c(CF)cc(CF)cc1CF. The molecule has 0 bridgehead atoms. The van der Waals surface area contributed by atoms with Gasteiger partial charge in [0.1, 0.15) is 20.0 Å². The molecule has 4 heteroatoms. The molecule has 0 amide bonds. The maximum absolute atomic E-state index is 12.2. The lowest BCUT2D eigenvalue weighted by molar-refractivity contribution is 0.327. The van der Waals surface area contributed by atoms with Crippen LogP contribution in [0.5, 0.6) is 5.75 Å². The summed E-state index contributed by atoms with van der Waals surface area (Å²) in [5, 5.41) is 11.1. The van der Waals surface area contributed by atoms with E-state index in [1.165, 1.54) is 0 Å². The van der Waals surface area contributed by atoms with Gasteiger partial charge in [-0.1, -0.05) is 0 Å². The van der Waals surface area contributed by atoms with Gasteiger partial charge in [0.15, 0.2) is 5.75 Å². The fourth-order valence-electron chi connectivity index (χ4n) is 1.10. The highest BCUT2D eigenvalue weighted by atomic mass is 19.1. The number of rotatable bonds is 3. The Bertz CT molecular complexity index is 274. The molecule has 0 saturated heterocycles. The predicted molar refractivity (Wildman–Crippen MR) is 41.0 cm³/mol. The van der Waals surface area contributed by atoms with Gasteiger partial charge < -0.3 is 0 Å². The zero-order valence-corrected chi connectivity index (χ0v) is 6.82. The lowest BCUT2D eigenvalue weighted by Crippen LogP contribution is -1.90. The Hall–Kier alpha value is -1.19. The van der Waals surface area contributed by atoms with E-state index in [0.717, 1.165) is 12.1 Å². The van der Waals surface area contributed by atoms with Crippen molar-refractivity contribution in [2.45, 2.75) is 20.0 Å². The van der Waals surface area contributed by atoms with Crippen molar-refractivity contribution < 1.29 is 18.3 Å². The summed E-state index contributed by atoms with van der Waals surface area (Å²) in [6.07, 6.45) is 0. The Morgan fingerprint density at radius 1 is 0.923 bits per heavy atom. The maximum Gasteiger partial charge on any atom is 0.190 e. The van der Waals surface area contributed by atoms with Crippen LogP contribution in [-0.4, -0.2) is 0 Å². The van der Waals surface area contributed by atoms with Gasteiger partial charge in [-0.2, -0.15) is 0 Å². The molecule has 0 aliphatic carbocycles. The lowest BCUT2D eigenvalue weighted by atomic mass is 10.1. The van der Waals surface area contributed by atoms with E-state index in [4.69, 9.17) is 0 Å². The van der Waals surface area contributed by atoms with Gasteiger partial charge >= 0.3 is 0 Å². The lowest BCUT2D eigenvalue weighted by Gasteiger charge is -2.04. The van der Waals surface area contributed by atoms with Gasteiger partial charge in [0, 0.05) is 11.1 Å². The van der Waals surface area contributed by atoms with E-state index < -0.39 is 25.8 Å². The van der Waals surface area contributed by atoms with Crippen molar-refractivity contribution in [2.24, 2.45) is 0 Å². The number of hydrogen-bond donors (Lipinski definition) is 0. The Morgan fingerprint density at radius 3 is 1.69 bits per heavy atom. The third-order valence-corrected chi connectivity index (χ3v) is 1.74. The number of benzene rings is 1. The van der Waals surface area contributed by atoms with Crippen LogP contribution in [0.2, 0.25) is 0 Å². The second-order valence-corrected chi connectivity index (χ2v) is 2.64. The van der Waals surface area contributed by atoms with Crippen LogP contribution in [0.1, 0.15) is 16.7 Å². The molecule has 0 atom stereocenters. The van der Waals surface area contributed by atoms with Crippen molar-refractivity contribution in [2.75, 3.05) is 0 Å². The zero-order chi connectivity index (χ0) is 9.84. The van der Waals surface area contributed by atoms with E-state index >= 15 is 0 Å². The zero-order valence-electron chi connectivity index (χ0n) is 6.82. The number of halogens is 3. The molecule has 0 aromatic heterocycles. The standard InChI is InChI=1S/C9H8F3O/c10-3-6-1-7(4-11)9(13)8(2-6)5-12/h1-2H,3-5H2. The normalized spacial score (nSPS) is 10.4. The van der Waals surface area contributed by atoms with Crippen LogP contribution in [-0.2, 0) is 25.1 Å². The predicted octanol–water partition coefficient (Wildman–Crippen LogP) is 3.24. The molecule has 0 unspecified atom stereocenters. The molecule has 1 aromatic rings. The summed E-state index contributed by atoms with van der Waals surface area (Å²) in [5.41, 5.74) is -0.217. The highest BCUT2D eigenvalue weighted by Crippen LogP contribution is 2.27. The molecule has 0 fully saturated rings. The largest absolute Gasteiger partial charge is 0.289 e. The average molecular weight is 189 g/mol. The molecule has 13 heavy (non-hydrogen) atoms. The number of hydrogen-bond acceptors (Lipinski definition) is 0. The summed E-state index contributed by atoms with van der Waals surface area (Å²) in [5.74, 6) is -0.665. The second kappa shape index (κ2) is 4.16. The van der Waals surface area contributed by atoms with E-state index in [1.54, 1.807) is 0 Å². The second-order valence-electron chi connectivity index (χ2n) is 2.64. The smallest absolute Gasteiger partial charge is 0.190 e. The highest BCUT2D eigenvalue weighted by molar-refractivity contribution is 5.42. The fourth-order valence-corrected chi connectivity index (χ4v) is 1.10. The van der Waals surface area contributed by atoms with E-state index in [0.29, 0.717) is 0 Å². The minimum Gasteiger partial charge on any atom is -0.289 e. The van der Waals surface area contributed by atoms with Gasteiger partial charge in [0.2, 0.25) is 0 Å². The molecule has 0 heterocycles. The van der Waals surface area contributed by atoms with E-state index in [9.17, 15) is 18.3 Å². The van der Waals surface area contributed by atoms with Gasteiger partial charge in [-0.25, -0.2) is 13.2 Å². The minimum absolute atomic E-state index is 0.139. The van der Waals surface area contributed by atoms with Gasteiger partial charge in [0.05, 0.1) is 0 Å². The van der Waals surface area contributed by atoms with Crippen LogP contribution in [0.4, 0.5) is 13.2 Å². The van der Waals surface area contributed by atoms with Crippen LogP contribution in [0.3, 0.4) is 0 Å². The first kappa shape index (κ1) is 9.89. The van der Waals surface area contributed by atoms with Crippen molar-refractivity contribution in [3.8, 4) is 5.75 Å². The molecule has 0 aliphatic rings. The van der Waals surface area contributed by atoms with Crippen LogP contribution in [0.25, 0.3) is 0 Å². The summed E-state index contributed by atoms with van der Waals surface area (Å²) >= 11 is 0. The minimum atomic E-state index is -0.986. The van der Waals surface area contributed by atoms with Crippen molar-refractivity contribution in [1.29, 1.82) is 0 Å². The first-order valence-electron chi connectivity index (χ1n) is 3.72. The molecule has 1 radical (unpaired) electrons. The molecule has 71 valence electrons. The van der Waals surface area contributed by atoms with Crippen molar-refractivity contribution >= 4 is 0 Å². The Balaban J connectivity index is 3.20. The molecule has 0 saturated carbocycles. The molecular formula is C9H8F3O. The fraction of sp³-hybridized carbons (Fsp3) is 0.333. The van der Waals surface area contributed by atoms with Crippen molar-refractivity contribution in [1.82, 2.24) is 0 Å². The molecular weight excluding hydrogens is 181 g/mol. The molecule has 1 rings (SSSR count). The van der Waals surface area contributed by atoms with E-state index in [1.807, 2.05) is 0 Å². The average Bonchev–Trinajstić information content (AvgIpc) is 2.18. The molecule has 0 spiro atoms. The summed E-state index contributed by atoms with van der Waals surface area (Å²) in [6, 6.07) is 2.25. The molecule has 0 aliphatic heterocycles. The summed E-state index contributed by atoms with van der Waals surface area (Å²) in [4.78, 5) is 0. The molecule has 1 aromatic carbocycles. The highest BCUT2D eigenvalue weighted by Gasteiger charge is 2.11. The van der Waals surface area contributed by atoms with E-state index in [2.05, 4.69) is 0 Å². The first-order valence-corrected chi connectivity index (χ1v) is 3.72. The van der Waals surface area contributed by atoms with Crippen LogP contribution >= 0.6 is 0 Å². The Morgan fingerprint density at radius 2 is 1.38 bits per heavy atom. The number of alkyl halides is 3. The van der Waals surface area contributed by atoms with E-state index in [-0.39, 0.29) is 16.7 Å². The summed E-state index contributed by atoms with van der Waals surface area (Å²) < 4.78 is 36.5. The topological polar surface area (TPSA) is 19.9 Å². The van der Waals surface area contributed by atoms with Crippen LogP contribution in [0, 0.1) is 0 Å². The third-order valence-electron chi connectivity index (χ3n) is 1.74. The quantitative estimate of drug-likeness (QED) is 0.695. The van der Waals surface area contributed by atoms with Gasteiger partial charge in [-0.05, 0) is 17.7 Å². The first-order chi connectivity index (χ1) is 6.22. The van der Waals surface area contributed by atoms with Crippen molar-refractivity contribution in [3.63, 3.8) is 0 Å². The van der Waals surface area contributed by atoms with Crippen molar-refractivity contribution in [3.05, 3.63) is 28.8 Å². The van der Waals surface area contributed by atoms with Crippen LogP contribution < -0.4 is 0 Å². The van der Waals surface area contributed by atoms with Crippen LogP contribution in [0.15, 0.2) is 12.1 Å². The third kappa shape index (κ3) is 1.94. The monoisotopic (exact) mass is 189 g/mol. The van der Waals surface area contributed by atoms with Gasteiger partial charge in [-0.3, -0.25) is 5.11 Å². The molecule has 0 N–H and O–H groups in total. The molecule has 1 nitrogen and oxygen atoms in total. The van der Waals surface area contributed by atoms with Gasteiger partial charge in [0.25, 0.3) is 0 Å². The summed E-state index contributed by atoms with van der Waals surface area (Å²) in [6.45, 7) is -2.79. The van der Waals surface area contributed by atoms with Gasteiger partial charge in [-0.15, -0.1) is 0 Å².